The van der Waals surface area contributed by atoms with Crippen molar-refractivity contribution >= 4 is 18.2 Å². The van der Waals surface area contributed by atoms with E-state index in [4.69, 9.17) is 4.74 Å². The van der Waals surface area contributed by atoms with E-state index in [1.54, 1.807) is 0 Å². The van der Waals surface area contributed by atoms with Crippen LogP contribution in [0.1, 0.15) is 16.8 Å². The van der Waals surface area contributed by atoms with E-state index in [0.717, 1.165) is 18.7 Å². The molecule has 0 aliphatic carbocycles. The van der Waals surface area contributed by atoms with Crippen molar-refractivity contribution < 1.29 is 9.53 Å². The minimum Gasteiger partial charge on any atom is -0.378 e. The third-order valence-electron chi connectivity index (χ3n) is 2.53. The maximum atomic E-state index is 11.8. The van der Waals surface area contributed by atoms with Crippen LogP contribution in [-0.4, -0.2) is 31.6 Å². The monoisotopic (exact) mass is 241 g/mol. The number of morpholine rings is 1. The topological polar surface area (TPSA) is 38.3 Å². The van der Waals surface area contributed by atoms with Crippen LogP contribution in [0.4, 0.5) is 0 Å². The smallest absolute Gasteiger partial charge is 0.164 e. The first-order chi connectivity index (χ1) is 7.36. The van der Waals surface area contributed by atoms with Crippen LogP contribution in [0.25, 0.3) is 0 Å². The Bertz CT molecular complexity index is 323. The second-order valence-corrected chi connectivity index (χ2v) is 3.72. The van der Waals surface area contributed by atoms with Gasteiger partial charge in [-0.1, -0.05) is 30.3 Å². The predicted molar refractivity (Wildman–Crippen MR) is 65.2 cm³/mol. The van der Waals surface area contributed by atoms with Crippen LogP contribution in [0.2, 0.25) is 0 Å². The van der Waals surface area contributed by atoms with Crippen LogP contribution in [0, 0.1) is 0 Å². The van der Waals surface area contributed by atoms with Crippen molar-refractivity contribution in [1.29, 1.82) is 0 Å². The Morgan fingerprint density at radius 3 is 2.75 bits per heavy atom. The van der Waals surface area contributed by atoms with Gasteiger partial charge in [0.2, 0.25) is 0 Å². The maximum absolute atomic E-state index is 11.8. The van der Waals surface area contributed by atoms with Gasteiger partial charge in [-0.05, 0) is 0 Å². The van der Waals surface area contributed by atoms with E-state index < -0.39 is 0 Å². The van der Waals surface area contributed by atoms with Crippen LogP contribution >= 0.6 is 12.4 Å². The molecule has 1 aromatic carbocycles. The fourth-order valence-electron chi connectivity index (χ4n) is 1.72. The number of benzene rings is 1. The summed E-state index contributed by atoms with van der Waals surface area (Å²) in [7, 11) is 0. The zero-order valence-corrected chi connectivity index (χ0v) is 9.83. The lowest BCUT2D eigenvalue weighted by Gasteiger charge is -2.23. The average molecular weight is 242 g/mol. The highest BCUT2D eigenvalue weighted by molar-refractivity contribution is 5.96. The quantitative estimate of drug-likeness (QED) is 0.819. The first-order valence-electron chi connectivity index (χ1n) is 5.25. The number of nitrogens with one attached hydrogen (secondary N) is 1. The van der Waals surface area contributed by atoms with E-state index in [1.165, 1.54) is 0 Å². The number of hydrogen-bond donors (Lipinski definition) is 1. The van der Waals surface area contributed by atoms with Gasteiger partial charge in [0.15, 0.2) is 5.78 Å². The molecule has 2 rings (SSSR count). The number of carbonyl (C=O) groups excluding carboxylic acids is 1. The standard InChI is InChI=1S/C12H15NO2.ClH/c14-12(10-4-2-1-3-5-10)8-11-9-15-7-6-13-11;/h1-5,11,13H,6-9H2;1H. The molecule has 1 N–H and O–H groups in total. The lowest BCUT2D eigenvalue weighted by molar-refractivity contribution is 0.0676. The molecule has 0 saturated carbocycles. The molecule has 1 fully saturated rings. The number of Topliss-reactive ketones (excluding diaryl/α,β-unsaturated/α-hetero) is 1. The van der Waals surface area contributed by atoms with Gasteiger partial charge in [0, 0.05) is 24.6 Å². The molecule has 1 atom stereocenters. The molecule has 88 valence electrons. The molecule has 4 heteroatoms. The van der Waals surface area contributed by atoms with Gasteiger partial charge in [0.25, 0.3) is 0 Å². The maximum Gasteiger partial charge on any atom is 0.164 e. The number of hydrogen-bond acceptors (Lipinski definition) is 3. The highest BCUT2D eigenvalue weighted by atomic mass is 35.5. The lowest BCUT2D eigenvalue weighted by atomic mass is 10.0. The summed E-state index contributed by atoms with van der Waals surface area (Å²) in [4.78, 5) is 11.8. The molecule has 0 aromatic heterocycles. The minimum atomic E-state index is 0. The van der Waals surface area contributed by atoms with E-state index >= 15 is 0 Å². The van der Waals surface area contributed by atoms with Crippen molar-refractivity contribution in [2.75, 3.05) is 19.8 Å². The summed E-state index contributed by atoms with van der Waals surface area (Å²) >= 11 is 0. The SMILES string of the molecule is Cl.O=C(CC1COCCN1)c1ccccc1. The molecule has 1 heterocycles. The Kier molecular flexibility index (Phi) is 5.46. The van der Waals surface area contributed by atoms with Gasteiger partial charge >= 0.3 is 0 Å². The fourth-order valence-corrected chi connectivity index (χ4v) is 1.72. The van der Waals surface area contributed by atoms with Gasteiger partial charge in [0.1, 0.15) is 0 Å². The Hall–Kier alpha value is -0.900. The first kappa shape index (κ1) is 13.2. The lowest BCUT2D eigenvalue weighted by Crippen LogP contribution is -2.42. The summed E-state index contributed by atoms with van der Waals surface area (Å²) in [5, 5.41) is 3.27. The predicted octanol–water partition coefficient (Wildman–Crippen LogP) is 1.67. The third kappa shape index (κ3) is 3.59. The third-order valence-corrected chi connectivity index (χ3v) is 2.53. The summed E-state index contributed by atoms with van der Waals surface area (Å²) in [6.07, 6.45) is 0.518. The molecule has 1 unspecified atom stereocenters. The molecule has 3 nitrogen and oxygen atoms in total. The Balaban J connectivity index is 0.00000128. The molecule has 0 amide bonds. The summed E-state index contributed by atoms with van der Waals surface area (Å²) in [6.45, 7) is 2.22. The largest absolute Gasteiger partial charge is 0.378 e. The Labute approximate surface area is 102 Å². The van der Waals surface area contributed by atoms with E-state index in [0.29, 0.717) is 13.0 Å². The summed E-state index contributed by atoms with van der Waals surface area (Å²) in [5.74, 6) is 0.179. The van der Waals surface area contributed by atoms with Crippen LogP contribution < -0.4 is 5.32 Å². The molecule has 1 aliphatic rings. The number of ketones is 1. The van der Waals surface area contributed by atoms with Gasteiger partial charge in [-0.25, -0.2) is 0 Å². The van der Waals surface area contributed by atoms with E-state index in [9.17, 15) is 4.79 Å². The molecule has 16 heavy (non-hydrogen) atoms. The highest BCUT2D eigenvalue weighted by Gasteiger charge is 2.17. The number of carbonyl (C=O) groups is 1. The fraction of sp³-hybridized carbons (Fsp3) is 0.417. The zero-order valence-electron chi connectivity index (χ0n) is 9.02. The van der Waals surface area contributed by atoms with Crippen LogP contribution in [0.5, 0.6) is 0 Å². The molecule has 0 radical (unpaired) electrons. The van der Waals surface area contributed by atoms with Gasteiger partial charge in [-0.3, -0.25) is 4.79 Å². The van der Waals surface area contributed by atoms with E-state index in [1.807, 2.05) is 30.3 Å². The molecule has 1 saturated heterocycles. The van der Waals surface area contributed by atoms with Crippen molar-refractivity contribution in [3.63, 3.8) is 0 Å². The molecule has 0 bridgehead atoms. The Morgan fingerprint density at radius 2 is 2.12 bits per heavy atom. The number of rotatable bonds is 3. The summed E-state index contributed by atoms with van der Waals surface area (Å²) < 4.78 is 5.30. The highest BCUT2D eigenvalue weighted by Crippen LogP contribution is 2.07. The normalized spacial score (nSPS) is 19.9. The van der Waals surface area contributed by atoms with Crippen LogP contribution in [0.3, 0.4) is 0 Å². The molecule has 0 spiro atoms. The van der Waals surface area contributed by atoms with Crippen molar-refractivity contribution in [3.05, 3.63) is 35.9 Å². The Morgan fingerprint density at radius 1 is 1.38 bits per heavy atom. The number of halogens is 1. The summed E-state index contributed by atoms with van der Waals surface area (Å²) in [5.41, 5.74) is 0.782. The second-order valence-electron chi connectivity index (χ2n) is 3.72. The van der Waals surface area contributed by atoms with E-state index in [-0.39, 0.29) is 24.2 Å². The number of ether oxygens (including phenoxy) is 1. The summed E-state index contributed by atoms with van der Waals surface area (Å²) in [6, 6.07) is 9.57. The van der Waals surface area contributed by atoms with Crippen LogP contribution in [0.15, 0.2) is 30.3 Å². The van der Waals surface area contributed by atoms with Crippen LogP contribution in [-0.2, 0) is 4.74 Å². The van der Waals surface area contributed by atoms with Gasteiger partial charge in [-0.2, -0.15) is 0 Å². The van der Waals surface area contributed by atoms with Crippen molar-refractivity contribution in [3.8, 4) is 0 Å². The van der Waals surface area contributed by atoms with Gasteiger partial charge in [0.05, 0.1) is 13.2 Å². The minimum absolute atomic E-state index is 0. The zero-order chi connectivity index (χ0) is 10.5. The average Bonchev–Trinajstić information content (AvgIpc) is 2.31. The van der Waals surface area contributed by atoms with Crippen molar-refractivity contribution in [2.45, 2.75) is 12.5 Å². The molecule has 1 aromatic rings. The van der Waals surface area contributed by atoms with Crippen molar-refractivity contribution in [2.24, 2.45) is 0 Å². The van der Waals surface area contributed by atoms with Gasteiger partial charge < -0.3 is 10.1 Å². The second kappa shape index (κ2) is 6.63. The molecular weight excluding hydrogens is 226 g/mol. The van der Waals surface area contributed by atoms with E-state index in [2.05, 4.69) is 5.32 Å². The first-order valence-corrected chi connectivity index (χ1v) is 5.25. The molecular formula is C12H16ClNO2. The van der Waals surface area contributed by atoms with Crippen molar-refractivity contribution in [1.82, 2.24) is 5.32 Å². The molecule has 1 aliphatic heterocycles. The van der Waals surface area contributed by atoms with Gasteiger partial charge in [-0.15, -0.1) is 12.4 Å².